The highest BCUT2D eigenvalue weighted by atomic mass is 79.9. The summed E-state index contributed by atoms with van der Waals surface area (Å²) in [5.41, 5.74) is 1.34. The molecule has 0 spiro atoms. The summed E-state index contributed by atoms with van der Waals surface area (Å²) in [7, 11) is 0.725. The number of halogens is 1. The molecule has 0 bridgehead atoms. The molecule has 2 rings (SSSR count). The quantitative estimate of drug-likeness (QED) is 0.587. The van der Waals surface area contributed by atoms with Crippen molar-refractivity contribution in [2.75, 3.05) is 12.8 Å². The van der Waals surface area contributed by atoms with Crippen LogP contribution in [0, 0.1) is 0 Å². The average Bonchev–Trinajstić information content (AvgIpc) is 2.42. The second kappa shape index (κ2) is 7.51. The third kappa shape index (κ3) is 4.76. The first-order valence-electron chi connectivity index (χ1n) is 5.96. The predicted molar refractivity (Wildman–Crippen MR) is 80.5 cm³/mol. The lowest BCUT2D eigenvalue weighted by Gasteiger charge is -2.04. The van der Waals surface area contributed by atoms with Crippen LogP contribution in [-0.4, -0.2) is 22.4 Å². The van der Waals surface area contributed by atoms with Gasteiger partial charge in [-0.05, 0) is 24.1 Å². The minimum absolute atomic E-state index is 0.725. The van der Waals surface area contributed by atoms with E-state index >= 15 is 0 Å². The molecule has 0 amide bonds. The second-order valence-electron chi connectivity index (χ2n) is 3.97. The molecule has 3 heteroatoms. The van der Waals surface area contributed by atoms with Crippen LogP contribution in [0.3, 0.4) is 0 Å². The van der Waals surface area contributed by atoms with Gasteiger partial charge in [-0.25, -0.2) is 0 Å². The van der Waals surface area contributed by atoms with Gasteiger partial charge in [0.25, 0.3) is 0 Å². The first-order valence-corrected chi connectivity index (χ1v) is 7.96. The van der Waals surface area contributed by atoms with Crippen molar-refractivity contribution in [2.45, 2.75) is 6.42 Å². The van der Waals surface area contributed by atoms with E-state index in [9.17, 15) is 0 Å². The molecule has 2 aromatic rings. The summed E-state index contributed by atoms with van der Waals surface area (Å²) in [5, 5.41) is 1.35. The van der Waals surface area contributed by atoms with Gasteiger partial charge < -0.3 is 4.74 Å². The molecule has 0 saturated carbocycles. The van der Waals surface area contributed by atoms with Crippen molar-refractivity contribution >= 4 is 30.6 Å². The molecule has 0 aliphatic heterocycles. The van der Waals surface area contributed by atoms with E-state index in [0.29, 0.717) is 0 Å². The van der Waals surface area contributed by atoms with Crippen LogP contribution in [0.2, 0.25) is 0 Å². The minimum atomic E-state index is 0.725. The van der Waals surface area contributed by atoms with Crippen LogP contribution in [0.25, 0.3) is 0 Å². The lowest BCUT2D eigenvalue weighted by atomic mass is 10.2. The van der Waals surface area contributed by atoms with Gasteiger partial charge in [0.1, 0.15) is 9.52 Å². The molecule has 18 heavy (non-hydrogen) atoms. The van der Waals surface area contributed by atoms with Crippen LogP contribution in [0.1, 0.15) is 5.56 Å². The highest BCUT2D eigenvalue weighted by Gasteiger charge is 1.96. The predicted octanol–water partition coefficient (Wildman–Crippen LogP) is 3.00. The molecule has 0 aliphatic rings. The molecule has 0 aliphatic carbocycles. The van der Waals surface area contributed by atoms with Crippen LogP contribution < -0.4 is 5.19 Å². The molecule has 0 saturated heterocycles. The van der Waals surface area contributed by atoms with E-state index < -0.39 is 0 Å². The van der Waals surface area contributed by atoms with E-state index in [1.807, 2.05) is 6.07 Å². The van der Waals surface area contributed by atoms with Gasteiger partial charge in [-0.15, -0.1) is 0 Å². The van der Waals surface area contributed by atoms with Crippen molar-refractivity contribution in [2.24, 2.45) is 0 Å². The molecule has 92 valence electrons. The Balaban J connectivity index is 1.63. The Kier molecular flexibility index (Phi) is 5.65. The lowest BCUT2D eigenvalue weighted by molar-refractivity contribution is 0.181. The Morgan fingerprint density at radius 2 is 1.67 bits per heavy atom. The fourth-order valence-corrected chi connectivity index (χ4v) is 2.69. The van der Waals surface area contributed by atoms with Crippen LogP contribution in [0.4, 0.5) is 0 Å². The molecule has 0 N–H and O–H groups in total. The normalized spacial score (nSPS) is 10.5. The van der Waals surface area contributed by atoms with E-state index in [1.54, 1.807) is 0 Å². The van der Waals surface area contributed by atoms with Crippen molar-refractivity contribution in [3.63, 3.8) is 0 Å². The third-order valence-corrected chi connectivity index (χ3v) is 4.22. The lowest BCUT2D eigenvalue weighted by Crippen LogP contribution is -2.20. The van der Waals surface area contributed by atoms with Crippen LogP contribution >= 0.6 is 15.9 Å². The Morgan fingerprint density at radius 1 is 0.944 bits per heavy atom. The Hall–Kier alpha value is -0.903. The largest absolute Gasteiger partial charge is 0.385 e. The minimum Gasteiger partial charge on any atom is -0.385 e. The fourth-order valence-electron chi connectivity index (χ4n) is 1.61. The van der Waals surface area contributed by atoms with Crippen molar-refractivity contribution in [1.82, 2.24) is 0 Å². The summed E-state index contributed by atoms with van der Waals surface area (Å²) >= 11 is 3.44. The maximum Gasteiger partial charge on any atom is 0.114 e. The van der Waals surface area contributed by atoms with Gasteiger partial charge in [-0.1, -0.05) is 63.6 Å². The monoisotopic (exact) mass is 318 g/mol. The van der Waals surface area contributed by atoms with E-state index in [-0.39, 0.29) is 0 Å². The summed E-state index contributed by atoms with van der Waals surface area (Å²) in [6.45, 7) is 0.799. The van der Waals surface area contributed by atoms with Gasteiger partial charge >= 0.3 is 0 Å². The van der Waals surface area contributed by atoms with Gasteiger partial charge in [-0.3, -0.25) is 0 Å². The first-order chi connectivity index (χ1) is 8.84. The second-order valence-corrected chi connectivity index (χ2v) is 6.11. The van der Waals surface area contributed by atoms with Gasteiger partial charge in [0.2, 0.25) is 0 Å². The fraction of sp³-hybridized carbons (Fsp3) is 0.200. The van der Waals surface area contributed by atoms with Crippen LogP contribution in [-0.2, 0) is 11.2 Å². The van der Waals surface area contributed by atoms with Gasteiger partial charge in [0.15, 0.2) is 0 Å². The summed E-state index contributed by atoms with van der Waals surface area (Å²) < 4.78 is 6.80. The zero-order valence-electron chi connectivity index (χ0n) is 10.1. The van der Waals surface area contributed by atoms with Gasteiger partial charge in [0.05, 0.1) is 6.61 Å². The topological polar surface area (TPSA) is 9.23 Å². The smallest absolute Gasteiger partial charge is 0.114 e. The van der Waals surface area contributed by atoms with Gasteiger partial charge in [-0.2, -0.15) is 0 Å². The molecule has 2 radical (unpaired) electrons. The highest BCUT2D eigenvalue weighted by Crippen LogP contribution is 2.05. The summed E-state index contributed by atoms with van der Waals surface area (Å²) in [4.78, 5) is 0. The molecule has 2 aromatic carbocycles. The molecule has 1 nitrogen and oxygen atoms in total. The van der Waals surface area contributed by atoms with E-state index in [1.165, 1.54) is 10.8 Å². The average molecular weight is 319 g/mol. The maximum absolute atomic E-state index is 5.67. The van der Waals surface area contributed by atoms with Crippen molar-refractivity contribution in [1.29, 1.82) is 0 Å². The zero-order valence-corrected chi connectivity index (χ0v) is 12.7. The number of benzene rings is 2. The SMILES string of the molecule is Brc1ccc([Si]COCCc2ccccc2)cc1. The molecule has 0 fully saturated rings. The van der Waals surface area contributed by atoms with Crippen LogP contribution in [0.5, 0.6) is 0 Å². The molecular weight excluding hydrogens is 304 g/mol. The van der Waals surface area contributed by atoms with Crippen molar-refractivity contribution in [3.8, 4) is 0 Å². The third-order valence-electron chi connectivity index (χ3n) is 2.60. The molecule has 0 aromatic heterocycles. The summed E-state index contributed by atoms with van der Waals surface area (Å²) in [6, 6.07) is 18.9. The number of hydrogen-bond donors (Lipinski definition) is 0. The van der Waals surface area contributed by atoms with E-state index in [0.717, 1.165) is 33.3 Å². The zero-order chi connectivity index (χ0) is 12.6. The number of ether oxygens (including phenoxy) is 1. The number of hydrogen-bond acceptors (Lipinski definition) is 1. The molecular formula is C15H15BrOSi. The maximum atomic E-state index is 5.67. The standard InChI is InChI=1S/C15H15BrOSi/c16-14-6-8-15(9-7-14)18-12-17-11-10-13-4-2-1-3-5-13/h1-9H,10-12H2. The first kappa shape index (κ1) is 13.5. The summed E-state index contributed by atoms with van der Waals surface area (Å²) in [6.07, 6.45) is 1.81. The van der Waals surface area contributed by atoms with Gasteiger partial charge in [0, 0.05) is 10.7 Å². The van der Waals surface area contributed by atoms with Crippen molar-refractivity contribution in [3.05, 3.63) is 64.6 Å². The molecule has 0 heterocycles. The summed E-state index contributed by atoms with van der Waals surface area (Å²) in [5.74, 6) is 0. The van der Waals surface area contributed by atoms with E-state index in [4.69, 9.17) is 4.74 Å². The van der Waals surface area contributed by atoms with E-state index in [2.05, 4.69) is 64.5 Å². The van der Waals surface area contributed by atoms with Crippen molar-refractivity contribution < 1.29 is 4.74 Å². The Labute approximate surface area is 119 Å². The Bertz CT molecular complexity index is 456. The number of rotatable bonds is 6. The molecule has 0 atom stereocenters. The Morgan fingerprint density at radius 3 is 2.39 bits per heavy atom. The molecule has 0 unspecified atom stereocenters. The van der Waals surface area contributed by atoms with Crippen LogP contribution in [0.15, 0.2) is 59.1 Å². The highest BCUT2D eigenvalue weighted by molar-refractivity contribution is 9.10.